The Kier molecular flexibility index (Phi) is 4.01. The van der Waals surface area contributed by atoms with Gasteiger partial charge in [-0.05, 0) is 36.8 Å². The van der Waals surface area contributed by atoms with Gasteiger partial charge in [0.05, 0.1) is 28.7 Å². The molecule has 0 saturated heterocycles. The molecule has 7 heteroatoms. The Hall–Kier alpha value is -3.74. The summed E-state index contributed by atoms with van der Waals surface area (Å²) in [5.74, 6) is 0.875. The van der Waals surface area contributed by atoms with Crippen LogP contribution in [0.4, 0.5) is 5.82 Å². The second-order valence-corrected chi connectivity index (χ2v) is 7.18. The van der Waals surface area contributed by atoms with Gasteiger partial charge in [-0.1, -0.05) is 24.3 Å². The van der Waals surface area contributed by atoms with Gasteiger partial charge in [-0.25, -0.2) is 15.0 Å². The van der Waals surface area contributed by atoms with E-state index in [0.29, 0.717) is 0 Å². The van der Waals surface area contributed by atoms with Crippen LogP contribution in [0.3, 0.4) is 0 Å². The van der Waals surface area contributed by atoms with Gasteiger partial charge < -0.3 is 4.90 Å². The summed E-state index contributed by atoms with van der Waals surface area (Å²) >= 11 is 0. The molecule has 3 heterocycles. The first-order chi connectivity index (χ1) is 14.1. The molecule has 0 aliphatic carbocycles. The van der Waals surface area contributed by atoms with E-state index in [1.165, 1.54) is 5.56 Å². The predicted molar refractivity (Wildman–Crippen MR) is 114 cm³/mol. The van der Waals surface area contributed by atoms with Crippen LogP contribution >= 0.6 is 0 Å². The van der Waals surface area contributed by atoms with Crippen molar-refractivity contribution < 1.29 is 0 Å². The van der Waals surface area contributed by atoms with Crippen molar-refractivity contribution in [2.45, 2.75) is 13.0 Å². The third-order valence-corrected chi connectivity index (χ3v) is 5.53. The summed E-state index contributed by atoms with van der Waals surface area (Å²) in [6, 6.07) is 16.9. The van der Waals surface area contributed by atoms with Crippen LogP contribution in [0.25, 0.3) is 27.8 Å². The van der Waals surface area contributed by atoms with Gasteiger partial charge in [0, 0.05) is 19.8 Å². The number of aromatic nitrogens is 6. The number of anilines is 1. The van der Waals surface area contributed by atoms with Crippen molar-refractivity contribution in [3.05, 3.63) is 72.9 Å². The van der Waals surface area contributed by atoms with Gasteiger partial charge in [-0.15, -0.1) is 0 Å². The molecule has 144 valence electrons. The number of aryl methyl sites for hydroxylation is 1. The summed E-state index contributed by atoms with van der Waals surface area (Å²) in [6.07, 6.45) is 5.28. The summed E-state index contributed by atoms with van der Waals surface area (Å²) in [7, 11) is 3.94. The zero-order valence-electron chi connectivity index (χ0n) is 16.6. The highest BCUT2D eigenvalue weighted by Gasteiger charge is 2.18. The lowest BCUT2D eigenvalue weighted by Crippen LogP contribution is -2.23. The highest BCUT2D eigenvalue weighted by atomic mass is 15.3. The van der Waals surface area contributed by atoms with Crippen molar-refractivity contribution in [3.8, 4) is 5.69 Å². The molecule has 0 radical (unpaired) electrons. The lowest BCUT2D eigenvalue weighted by Gasteiger charge is -2.26. The van der Waals surface area contributed by atoms with Gasteiger partial charge in [-0.2, -0.15) is 5.10 Å². The Labute approximate surface area is 168 Å². The average molecular weight is 383 g/mol. The van der Waals surface area contributed by atoms with Crippen molar-refractivity contribution in [3.63, 3.8) is 0 Å². The molecule has 0 N–H and O–H groups in total. The molecule has 0 aliphatic heterocycles. The molecule has 0 aliphatic rings. The molecular formula is C22H21N7. The van der Waals surface area contributed by atoms with Gasteiger partial charge in [0.25, 0.3) is 0 Å². The van der Waals surface area contributed by atoms with Gasteiger partial charge in [0.1, 0.15) is 18.5 Å². The van der Waals surface area contributed by atoms with E-state index >= 15 is 0 Å². The zero-order chi connectivity index (χ0) is 20.0. The number of benzene rings is 2. The van der Waals surface area contributed by atoms with Crippen molar-refractivity contribution in [2.75, 3.05) is 11.9 Å². The fourth-order valence-electron chi connectivity index (χ4n) is 3.72. The first-order valence-electron chi connectivity index (χ1n) is 9.51. The van der Waals surface area contributed by atoms with Crippen LogP contribution in [0, 0.1) is 0 Å². The van der Waals surface area contributed by atoms with Crippen LogP contribution in [0.5, 0.6) is 0 Å². The Morgan fingerprint density at radius 2 is 1.76 bits per heavy atom. The van der Waals surface area contributed by atoms with E-state index in [9.17, 15) is 0 Å². The van der Waals surface area contributed by atoms with Crippen LogP contribution < -0.4 is 4.90 Å². The largest absolute Gasteiger partial charge is 0.352 e. The standard InChI is InChI=1S/C22H21N7/c1-15(27(2)21-18-12-26-28(3)22(18)24-13-23-21)16-8-10-17(11-9-16)29-14-25-19-6-4-5-7-20(19)29/h4-15H,1-3H3. The first-order valence-corrected chi connectivity index (χ1v) is 9.51. The smallest absolute Gasteiger partial charge is 0.163 e. The molecule has 0 amide bonds. The molecule has 5 rings (SSSR count). The van der Waals surface area contributed by atoms with Crippen molar-refractivity contribution in [1.82, 2.24) is 29.3 Å². The van der Waals surface area contributed by atoms with Gasteiger partial charge >= 0.3 is 0 Å². The van der Waals surface area contributed by atoms with Gasteiger partial charge in [-0.3, -0.25) is 9.25 Å². The third kappa shape index (κ3) is 2.82. The Morgan fingerprint density at radius 1 is 0.966 bits per heavy atom. The third-order valence-electron chi connectivity index (χ3n) is 5.53. The molecule has 0 bridgehead atoms. The number of fused-ring (bicyclic) bond motifs is 2. The Bertz CT molecular complexity index is 1300. The van der Waals surface area contributed by atoms with E-state index in [2.05, 4.69) is 73.8 Å². The van der Waals surface area contributed by atoms with Crippen molar-refractivity contribution >= 4 is 27.9 Å². The summed E-state index contributed by atoms with van der Waals surface area (Å²) < 4.78 is 3.88. The monoisotopic (exact) mass is 383 g/mol. The number of hydrogen-bond donors (Lipinski definition) is 0. The molecule has 1 atom stereocenters. The number of nitrogens with zero attached hydrogens (tertiary/aromatic N) is 7. The summed E-state index contributed by atoms with van der Waals surface area (Å²) in [6.45, 7) is 2.17. The number of para-hydroxylation sites is 2. The minimum absolute atomic E-state index is 0.141. The van der Waals surface area contributed by atoms with Crippen LogP contribution in [0.1, 0.15) is 18.5 Å². The average Bonchev–Trinajstić information content (AvgIpc) is 3.37. The van der Waals surface area contributed by atoms with Crippen LogP contribution in [0.15, 0.2) is 67.4 Å². The highest BCUT2D eigenvalue weighted by Crippen LogP contribution is 2.29. The fourth-order valence-corrected chi connectivity index (χ4v) is 3.72. The van der Waals surface area contributed by atoms with Crippen molar-refractivity contribution in [1.29, 1.82) is 0 Å². The van der Waals surface area contributed by atoms with E-state index in [1.807, 2.05) is 37.8 Å². The maximum absolute atomic E-state index is 4.51. The second-order valence-electron chi connectivity index (χ2n) is 7.18. The van der Waals surface area contributed by atoms with Crippen molar-refractivity contribution in [2.24, 2.45) is 7.05 Å². The van der Waals surface area contributed by atoms with Crippen LogP contribution in [0.2, 0.25) is 0 Å². The second kappa shape index (κ2) is 6.70. The molecule has 7 nitrogen and oxygen atoms in total. The lowest BCUT2D eigenvalue weighted by atomic mass is 10.1. The molecular weight excluding hydrogens is 362 g/mol. The predicted octanol–water partition coefficient (Wildman–Crippen LogP) is 3.90. The molecule has 1 unspecified atom stereocenters. The quantitative estimate of drug-likeness (QED) is 0.471. The maximum atomic E-state index is 4.51. The minimum Gasteiger partial charge on any atom is -0.352 e. The lowest BCUT2D eigenvalue weighted by molar-refractivity contribution is 0.730. The van der Waals surface area contributed by atoms with Gasteiger partial charge in [0.15, 0.2) is 5.65 Å². The number of rotatable bonds is 4. The summed E-state index contributed by atoms with van der Waals surface area (Å²) in [5, 5.41) is 5.26. The Balaban J connectivity index is 1.46. The first kappa shape index (κ1) is 17.4. The molecule has 29 heavy (non-hydrogen) atoms. The summed E-state index contributed by atoms with van der Waals surface area (Å²) in [5.41, 5.74) is 5.22. The van der Waals surface area contributed by atoms with E-state index in [-0.39, 0.29) is 6.04 Å². The molecule has 0 fully saturated rings. The van der Waals surface area contributed by atoms with E-state index in [4.69, 9.17) is 0 Å². The highest BCUT2D eigenvalue weighted by molar-refractivity contribution is 5.86. The van der Waals surface area contributed by atoms with Crippen LogP contribution in [-0.4, -0.2) is 36.3 Å². The topological polar surface area (TPSA) is 64.7 Å². The van der Waals surface area contributed by atoms with E-state index in [1.54, 1.807) is 11.0 Å². The van der Waals surface area contributed by atoms with E-state index < -0.39 is 0 Å². The molecule has 3 aromatic heterocycles. The molecule has 0 spiro atoms. The van der Waals surface area contributed by atoms with E-state index in [0.717, 1.165) is 33.6 Å². The molecule has 0 saturated carbocycles. The van der Waals surface area contributed by atoms with Gasteiger partial charge in [0.2, 0.25) is 0 Å². The Morgan fingerprint density at radius 3 is 2.59 bits per heavy atom. The van der Waals surface area contributed by atoms with Crippen LogP contribution in [-0.2, 0) is 7.05 Å². The normalized spacial score (nSPS) is 12.5. The fraction of sp³-hybridized carbons (Fsp3) is 0.182. The SMILES string of the molecule is CC(c1ccc(-n2cnc3ccccc32)cc1)N(C)c1ncnc2c1cnn2C. The minimum atomic E-state index is 0.141. The zero-order valence-corrected chi connectivity index (χ0v) is 16.6. The maximum Gasteiger partial charge on any atom is 0.163 e. The molecule has 5 aromatic rings. The summed E-state index contributed by atoms with van der Waals surface area (Å²) in [4.78, 5) is 15.5. The number of imidazole rings is 1. The molecule has 2 aromatic carbocycles. The number of hydrogen-bond acceptors (Lipinski definition) is 5.